The largest absolute Gasteiger partial charge is 0.479 e. The van der Waals surface area contributed by atoms with E-state index >= 15 is 0 Å². The molecule has 23 heavy (non-hydrogen) atoms. The van der Waals surface area contributed by atoms with Crippen molar-refractivity contribution in [3.8, 4) is 0 Å². The van der Waals surface area contributed by atoms with E-state index in [0.717, 1.165) is 19.3 Å². The van der Waals surface area contributed by atoms with Gasteiger partial charge in [0.1, 0.15) is 0 Å². The molecule has 132 valence electrons. The lowest BCUT2D eigenvalue weighted by atomic mass is 10.0. The van der Waals surface area contributed by atoms with Gasteiger partial charge in [-0.1, -0.05) is 33.6 Å². The molecule has 0 saturated carbocycles. The first kappa shape index (κ1) is 19.4. The molecule has 0 aromatic carbocycles. The summed E-state index contributed by atoms with van der Waals surface area (Å²) < 4.78 is 4.84. The summed E-state index contributed by atoms with van der Waals surface area (Å²) in [5.74, 6) is -1.24. The quantitative estimate of drug-likeness (QED) is 0.388. The summed E-state index contributed by atoms with van der Waals surface area (Å²) in [4.78, 5) is 34.4. The predicted molar refractivity (Wildman–Crippen MR) is 84.8 cm³/mol. The van der Waals surface area contributed by atoms with Crippen LogP contribution in [0.1, 0.15) is 52.9 Å². The van der Waals surface area contributed by atoms with E-state index in [1.165, 1.54) is 0 Å². The zero-order valence-electron chi connectivity index (χ0n) is 14.1. The Balaban J connectivity index is 2.39. The lowest BCUT2D eigenvalue weighted by molar-refractivity contribution is -0.138. The van der Waals surface area contributed by atoms with Gasteiger partial charge in [-0.05, 0) is 18.8 Å². The van der Waals surface area contributed by atoms with Crippen molar-refractivity contribution in [2.75, 3.05) is 6.54 Å². The molecule has 0 bridgehead atoms. The maximum absolute atomic E-state index is 12.0. The van der Waals surface area contributed by atoms with Crippen LogP contribution in [0.5, 0.6) is 0 Å². The Hall–Kier alpha value is -1.63. The molecule has 3 atom stereocenters. The lowest BCUT2D eigenvalue weighted by Crippen LogP contribution is -2.46. The first-order valence-electron chi connectivity index (χ1n) is 8.30. The Morgan fingerprint density at radius 3 is 2.39 bits per heavy atom. The second kappa shape index (κ2) is 9.50. The summed E-state index contributed by atoms with van der Waals surface area (Å²) in [6.45, 7) is 6.47. The van der Waals surface area contributed by atoms with E-state index in [2.05, 4.69) is 17.6 Å². The van der Waals surface area contributed by atoms with Gasteiger partial charge in [0.25, 0.3) is 5.91 Å². The van der Waals surface area contributed by atoms with Crippen molar-refractivity contribution in [2.24, 2.45) is 5.92 Å². The normalized spacial score (nSPS) is 20.9. The summed E-state index contributed by atoms with van der Waals surface area (Å²) in [6.07, 6.45) is 2.18. The SMILES string of the molecule is CCCCCC(=O)NC[C@H](CC(C)C)NC(=O)[C@H]1O[C@@H]1C(=O)O. The maximum Gasteiger partial charge on any atom is 0.336 e. The third-order valence-electron chi connectivity index (χ3n) is 3.65. The van der Waals surface area contributed by atoms with Crippen LogP contribution in [-0.2, 0) is 19.1 Å². The van der Waals surface area contributed by atoms with E-state index in [1.54, 1.807) is 0 Å². The van der Waals surface area contributed by atoms with Crippen LogP contribution in [0.15, 0.2) is 0 Å². The Bertz CT molecular complexity index is 425. The van der Waals surface area contributed by atoms with Gasteiger partial charge >= 0.3 is 5.97 Å². The van der Waals surface area contributed by atoms with E-state index < -0.39 is 24.1 Å². The Morgan fingerprint density at radius 2 is 1.87 bits per heavy atom. The minimum absolute atomic E-state index is 0.0208. The molecule has 1 rings (SSSR count). The van der Waals surface area contributed by atoms with Gasteiger partial charge in [-0.2, -0.15) is 0 Å². The molecule has 1 fully saturated rings. The molecule has 0 aromatic rings. The van der Waals surface area contributed by atoms with Crippen molar-refractivity contribution in [3.05, 3.63) is 0 Å². The van der Waals surface area contributed by atoms with Gasteiger partial charge in [-0.3, -0.25) is 9.59 Å². The number of carboxylic acids is 1. The lowest BCUT2D eigenvalue weighted by Gasteiger charge is -2.21. The number of hydrogen-bond acceptors (Lipinski definition) is 4. The smallest absolute Gasteiger partial charge is 0.336 e. The molecule has 0 unspecified atom stereocenters. The number of nitrogens with one attached hydrogen (secondary N) is 2. The second-order valence-electron chi connectivity index (χ2n) is 6.41. The topological polar surface area (TPSA) is 108 Å². The standard InChI is InChI=1S/C16H28N2O5/c1-4-5-6-7-12(19)17-9-11(8-10(2)3)18-15(20)13-14(23-13)16(21)22/h10-11,13-14H,4-9H2,1-3H3,(H,17,19)(H,18,20)(H,21,22)/t11-,13-,14-/m0/s1. The van der Waals surface area contributed by atoms with Crippen LogP contribution in [0.2, 0.25) is 0 Å². The minimum atomic E-state index is -1.13. The van der Waals surface area contributed by atoms with Crippen LogP contribution < -0.4 is 10.6 Å². The maximum atomic E-state index is 12.0. The molecule has 0 aliphatic carbocycles. The number of amides is 2. The van der Waals surface area contributed by atoms with E-state index in [1.807, 2.05) is 13.8 Å². The fourth-order valence-corrected chi connectivity index (χ4v) is 2.41. The van der Waals surface area contributed by atoms with E-state index in [4.69, 9.17) is 9.84 Å². The highest BCUT2D eigenvalue weighted by atomic mass is 16.6. The molecule has 1 heterocycles. The predicted octanol–water partition coefficient (Wildman–Crippen LogP) is 1.07. The molecular formula is C16H28N2O5. The molecule has 1 aliphatic heterocycles. The van der Waals surface area contributed by atoms with Crippen LogP contribution in [0.3, 0.4) is 0 Å². The van der Waals surface area contributed by atoms with Crippen LogP contribution >= 0.6 is 0 Å². The fraction of sp³-hybridized carbons (Fsp3) is 0.812. The molecule has 2 amide bonds. The fourth-order valence-electron chi connectivity index (χ4n) is 2.41. The van der Waals surface area contributed by atoms with Gasteiger partial charge in [0.15, 0.2) is 12.2 Å². The van der Waals surface area contributed by atoms with Crippen molar-refractivity contribution in [2.45, 2.75) is 71.1 Å². The van der Waals surface area contributed by atoms with Gasteiger partial charge in [-0.15, -0.1) is 0 Å². The Kier molecular flexibility index (Phi) is 8.02. The third-order valence-corrected chi connectivity index (χ3v) is 3.65. The summed E-state index contributed by atoms with van der Waals surface area (Å²) in [6, 6.07) is -0.226. The Labute approximate surface area is 137 Å². The first-order chi connectivity index (χ1) is 10.8. The molecule has 1 saturated heterocycles. The second-order valence-corrected chi connectivity index (χ2v) is 6.41. The third kappa shape index (κ3) is 7.45. The summed E-state index contributed by atoms with van der Waals surface area (Å²) >= 11 is 0. The number of carboxylic acid groups (broad SMARTS) is 1. The number of unbranched alkanes of at least 4 members (excludes halogenated alkanes) is 2. The monoisotopic (exact) mass is 328 g/mol. The highest BCUT2D eigenvalue weighted by Crippen LogP contribution is 2.22. The number of carbonyl (C=O) groups excluding carboxylic acids is 2. The van der Waals surface area contributed by atoms with Gasteiger partial charge in [-0.25, -0.2) is 4.79 Å². The zero-order chi connectivity index (χ0) is 17.4. The van der Waals surface area contributed by atoms with Crippen molar-refractivity contribution in [3.63, 3.8) is 0 Å². The number of hydrogen-bond donors (Lipinski definition) is 3. The highest BCUT2D eigenvalue weighted by molar-refractivity contribution is 5.92. The average Bonchev–Trinajstić information content (AvgIpc) is 3.25. The summed E-state index contributed by atoms with van der Waals surface area (Å²) in [5.41, 5.74) is 0. The molecule has 0 aromatic heterocycles. The first-order valence-corrected chi connectivity index (χ1v) is 8.30. The van der Waals surface area contributed by atoms with Crippen LogP contribution in [0.4, 0.5) is 0 Å². The number of epoxide rings is 1. The molecule has 0 radical (unpaired) electrons. The molecular weight excluding hydrogens is 300 g/mol. The van der Waals surface area contributed by atoms with E-state index in [0.29, 0.717) is 25.3 Å². The van der Waals surface area contributed by atoms with Gasteiger partial charge in [0, 0.05) is 19.0 Å². The van der Waals surface area contributed by atoms with Gasteiger partial charge in [0.05, 0.1) is 0 Å². The molecule has 7 nitrogen and oxygen atoms in total. The molecule has 0 spiro atoms. The van der Waals surface area contributed by atoms with Crippen molar-refractivity contribution >= 4 is 17.8 Å². The number of aliphatic carboxylic acids is 1. The van der Waals surface area contributed by atoms with Crippen LogP contribution in [0, 0.1) is 5.92 Å². The van der Waals surface area contributed by atoms with E-state index in [-0.39, 0.29) is 11.9 Å². The van der Waals surface area contributed by atoms with Gasteiger partial charge < -0.3 is 20.5 Å². The van der Waals surface area contributed by atoms with Crippen molar-refractivity contribution in [1.29, 1.82) is 0 Å². The molecule has 7 heteroatoms. The Morgan fingerprint density at radius 1 is 1.17 bits per heavy atom. The summed E-state index contributed by atoms with van der Waals surface area (Å²) in [5, 5.41) is 14.4. The van der Waals surface area contributed by atoms with Crippen molar-refractivity contribution in [1.82, 2.24) is 10.6 Å². The van der Waals surface area contributed by atoms with E-state index in [9.17, 15) is 14.4 Å². The number of rotatable bonds is 11. The average molecular weight is 328 g/mol. The van der Waals surface area contributed by atoms with Crippen LogP contribution in [0.25, 0.3) is 0 Å². The van der Waals surface area contributed by atoms with Gasteiger partial charge in [0.2, 0.25) is 5.91 Å². The highest BCUT2D eigenvalue weighted by Gasteiger charge is 2.51. The zero-order valence-corrected chi connectivity index (χ0v) is 14.1. The summed E-state index contributed by atoms with van der Waals surface area (Å²) in [7, 11) is 0. The van der Waals surface area contributed by atoms with Crippen LogP contribution in [-0.4, -0.2) is 47.7 Å². The van der Waals surface area contributed by atoms with Crippen molar-refractivity contribution < 1.29 is 24.2 Å². The minimum Gasteiger partial charge on any atom is -0.479 e. The number of carbonyl (C=O) groups is 3. The molecule has 1 aliphatic rings. The number of ether oxygens (including phenoxy) is 1. The molecule has 3 N–H and O–H groups in total.